The first-order valence-corrected chi connectivity index (χ1v) is 5.73. The van der Waals surface area contributed by atoms with Crippen LogP contribution in [0.3, 0.4) is 0 Å². The summed E-state index contributed by atoms with van der Waals surface area (Å²) in [6, 6.07) is 0. The zero-order valence-corrected chi connectivity index (χ0v) is 10.6. The van der Waals surface area contributed by atoms with Gasteiger partial charge in [-0.3, -0.25) is 0 Å². The number of carbonyl (C=O) groups is 1. The maximum Gasteiger partial charge on any atom is 0.405 e. The van der Waals surface area contributed by atoms with Crippen molar-refractivity contribution in [3.63, 3.8) is 0 Å². The van der Waals surface area contributed by atoms with E-state index in [-0.39, 0.29) is 23.0 Å². The Morgan fingerprint density at radius 1 is 1.56 bits per heavy atom. The third-order valence-corrected chi connectivity index (χ3v) is 2.92. The summed E-state index contributed by atoms with van der Waals surface area (Å²) in [4.78, 5) is 12.4. The lowest BCUT2D eigenvalue weighted by atomic mass is 10.3. The first kappa shape index (κ1) is 14.6. The van der Waals surface area contributed by atoms with Gasteiger partial charge in [0.05, 0.1) is 6.61 Å². The molecule has 5 nitrogen and oxygen atoms in total. The van der Waals surface area contributed by atoms with Crippen LogP contribution in [0.1, 0.15) is 17.3 Å². The van der Waals surface area contributed by atoms with E-state index in [2.05, 4.69) is 4.37 Å². The van der Waals surface area contributed by atoms with E-state index in [4.69, 9.17) is 10.5 Å². The number of rotatable bonds is 4. The number of alkyl halides is 3. The lowest BCUT2D eigenvalue weighted by Gasteiger charge is -2.19. The second-order valence-corrected chi connectivity index (χ2v) is 4.19. The highest BCUT2D eigenvalue weighted by Crippen LogP contribution is 2.32. The third kappa shape index (κ3) is 3.49. The molecule has 0 fully saturated rings. The van der Waals surface area contributed by atoms with Crippen molar-refractivity contribution in [3.05, 3.63) is 5.56 Å². The van der Waals surface area contributed by atoms with Gasteiger partial charge in [0.1, 0.15) is 17.1 Å². The molecule has 0 atom stereocenters. The van der Waals surface area contributed by atoms with Crippen LogP contribution in [0.15, 0.2) is 0 Å². The maximum absolute atomic E-state index is 12.3. The quantitative estimate of drug-likeness (QED) is 0.855. The third-order valence-electron chi connectivity index (χ3n) is 1.94. The molecule has 102 valence electrons. The Balaban J connectivity index is 2.99. The van der Waals surface area contributed by atoms with Gasteiger partial charge in [0, 0.05) is 7.05 Å². The van der Waals surface area contributed by atoms with Crippen LogP contribution in [-0.2, 0) is 4.74 Å². The summed E-state index contributed by atoms with van der Waals surface area (Å²) in [5.41, 5.74) is 5.35. The first-order valence-electron chi connectivity index (χ1n) is 4.96. The molecule has 1 rings (SSSR count). The minimum absolute atomic E-state index is 0.0447. The molecule has 1 aromatic heterocycles. The van der Waals surface area contributed by atoms with Crippen LogP contribution in [0.4, 0.5) is 24.0 Å². The summed E-state index contributed by atoms with van der Waals surface area (Å²) in [6.45, 7) is 0.505. The number of nitrogen functional groups attached to an aromatic ring is 1. The highest BCUT2D eigenvalue weighted by Gasteiger charge is 2.32. The van der Waals surface area contributed by atoms with Gasteiger partial charge in [-0.15, -0.1) is 0 Å². The molecule has 18 heavy (non-hydrogen) atoms. The van der Waals surface area contributed by atoms with E-state index in [1.165, 1.54) is 7.05 Å². The predicted octanol–water partition coefficient (Wildman–Crippen LogP) is 1.90. The van der Waals surface area contributed by atoms with Crippen molar-refractivity contribution >= 4 is 28.3 Å². The van der Waals surface area contributed by atoms with E-state index in [9.17, 15) is 18.0 Å². The van der Waals surface area contributed by atoms with Gasteiger partial charge < -0.3 is 15.4 Å². The fraction of sp³-hybridized carbons (Fsp3) is 0.556. The van der Waals surface area contributed by atoms with E-state index < -0.39 is 18.7 Å². The van der Waals surface area contributed by atoms with Crippen LogP contribution in [0, 0.1) is 0 Å². The minimum atomic E-state index is -4.38. The second kappa shape index (κ2) is 5.42. The van der Waals surface area contributed by atoms with Crippen molar-refractivity contribution in [3.8, 4) is 0 Å². The van der Waals surface area contributed by atoms with Gasteiger partial charge in [-0.2, -0.15) is 17.5 Å². The molecule has 0 radical (unpaired) electrons. The number of esters is 1. The van der Waals surface area contributed by atoms with Gasteiger partial charge in [0.25, 0.3) is 0 Å². The van der Waals surface area contributed by atoms with Crippen molar-refractivity contribution in [2.24, 2.45) is 0 Å². The van der Waals surface area contributed by atoms with E-state index in [1.54, 1.807) is 6.92 Å². The van der Waals surface area contributed by atoms with Crippen molar-refractivity contribution in [2.75, 3.05) is 30.8 Å². The van der Waals surface area contributed by atoms with Crippen LogP contribution < -0.4 is 10.6 Å². The van der Waals surface area contributed by atoms with Crippen molar-refractivity contribution in [1.82, 2.24) is 4.37 Å². The molecule has 2 N–H and O–H groups in total. The highest BCUT2D eigenvalue weighted by molar-refractivity contribution is 7.11. The number of hydrogen-bond acceptors (Lipinski definition) is 6. The van der Waals surface area contributed by atoms with Gasteiger partial charge >= 0.3 is 12.1 Å². The topological polar surface area (TPSA) is 68.5 Å². The number of nitrogens with zero attached hydrogens (tertiary/aromatic N) is 2. The average molecular weight is 283 g/mol. The molecule has 0 aliphatic rings. The van der Waals surface area contributed by atoms with Crippen LogP contribution in [0.25, 0.3) is 0 Å². The van der Waals surface area contributed by atoms with E-state index in [0.29, 0.717) is 0 Å². The van der Waals surface area contributed by atoms with E-state index in [0.717, 1.165) is 16.4 Å². The fourth-order valence-corrected chi connectivity index (χ4v) is 2.05. The first-order chi connectivity index (χ1) is 8.26. The lowest BCUT2D eigenvalue weighted by molar-refractivity contribution is -0.119. The minimum Gasteiger partial charge on any atom is -0.462 e. The highest BCUT2D eigenvalue weighted by atomic mass is 32.1. The molecule has 0 saturated heterocycles. The molecule has 0 bridgehead atoms. The molecular weight excluding hydrogens is 271 g/mol. The largest absolute Gasteiger partial charge is 0.462 e. The predicted molar refractivity (Wildman–Crippen MR) is 61.8 cm³/mol. The summed E-state index contributed by atoms with van der Waals surface area (Å²) in [5.74, 6) is -0.893. The Labute approximate surface area is 105 Å². The van der Waals surface area contributed by atoms with Gasteiger partial charge in [0.2, 0.25) is 0 Å². The standard InChI is InChI=1S/C9H12F3N3O2S/c1-3-17-8(16)5-6(13)14-18-7(5)15(2)4-9(10,11)12/h3-4H2,1-2H3,(H2,13,14). The number of hydrogen-bond donors (Lipinski definition) is 1. The fourth-order valence-electron chi connectivity index (χ4n) is 1.29. The Hall–Kier alpha value is -1.51. The zero-order chi connectivity index (χ0) is 13.9. The van der Waals surface area contributed by atoms with Crippen LogP contribution in [-0.4, -0.2) is 36.7 Å². The molecule has 1 aromatic rings. The van der Waals surface area contributed by atoms with Crippen LogP contribution in [0.5, 0.6) is 0 Å². The molecule has 1 heterocycles. The molecule has 0 spiro atoms. The average Bonchev–Trinajstić information content (AvgIpc) is 2.58. The van der Waals surface area contributed by atoms with Crippen molar-refractivity contribution in [2.45, 2.75) is 13.1 Å². The van der Waals surface area contributed by atoms with Gasteiger partial charge in [-0.05, 0) is 18.5 Å². The summed E-state index contributed by atoms with van der Waals surface area (Å²) in [6.07, 6.45) is -4.38. The SMILES string of the molecule is CCOC(=O)c1c(N)nsc1N(C)CC(F)(F)F. The molecule has 0 unspecified atom stereocenters. The number of halogens is 3. The van der Waals surface area contributed by atoms with E-state index >= 15 is 0 Å². The Morgan fingerprint density at radius 2 is 2.17 bits per heavy atom. The molecule has 0 aliphatic heterocycles. The normalized spacial score (nSPS) is 11.4. The molecule has 0 aromatic carbocycles. The number of aromatic nitrogens is 1. The zero-order valence-electron chi connectivity index (χ0n) is 9.74. The molecule has 9 heteroatoms. The van der Waals surface area contributed by atoms with E-state index in [1.807, 2.05) is 0 Å². The van der Waals surface area contributed by atoms with Crippen LogP contribution in [0.2, 0.25) is 0 Å². The molecule has 0 amide bonds. The molecular formula is C9H12F3N3O2S. The van der Waals surface area contributed by atoms with Crippen molar-refractivity contribution < 1.29 is 22.7 Å². The van der Waals surface area contributed by atoms with Crippen LogP contribution >= 0.6 is 11.5 Å². The second-order valence-electron chi connectivity index (χ2n) is 3.44. The number of carbonyl (C=O) groups excluding carboxylic acids is 1. The summed E-state index contributed by atoms with van der Waals surface area (Å²) in [5, 5.41) is 0.0447. The summed E-state index contributed by atoms with van der Waals surface area (Å²) in [7, 11) is 1.21. The monoisotopic (exact) mass is 283 g/mol. The summed E-state index contributed by atoms with van der Waals surface area (Å²) >= 11 is 0.729. The lowest BCUT2D eigenvalue weighted by Crippen LogP contribution is -2.31. The van der Waals surface area contributed by atoms with Gasteiger partial charge in [-0.25, -0.2) is 4.79 Å². The van der Waals surface area contributed by atoms with Gasteiger partial charge in [-0.1, -0.05) is 0 Å². The Morgan fingerprint density at radius 3 is 2.67 bits per heavy atom. The Kier molecular flexibility index (Phi) is 4.38. The molecule has 0 saturated carbocycles. The van der Waals surface area contributed by atoms with Crippen molar-refractivity contribution in [1.29, 1.82) is 0 Å². The maximum atomic E-state index is 12.3. The number of nitrogens with two attached hydrogens (primary N) is 1. The number of anilines is 2. The molecule has 0 aliphatic carbocycles. The summed E-state index contributed by atoms with van der Waals surface area (Å²) < 4.78 is 45.2. The van der Waals surface area contributed by atoms with Gasteiger partial charge in [0.15, 0.2) is 5.82 Å². The Bertz CT molecular complexity index is 433. The smallest absolute Gasteiger partial charge is 0.405 e. The number of ether oxygens (including phenoxy) is 1.